The minimum atomic E-state index is 0.136. The number of rotatable bonds is 3. The second-order valence-electron chi connectivity index (χ2n) is 4.73. The van der Waals surface area contributed by atoms with E-state index >= 15 is 0 Å². The fourth-order valence-corrected chi connectivity index (χ4v) is 2.53. The summed E-state index contributed by atoms with van der Waals surface area (Å²) in [6.07, 6.45) is 6.67. The van der Waals surface area contributed by atoms with Crippen LogP contribution >= 0.6 is 0 Å². The number of hydrogen-bond donors (Lipinski definition) is 0. The SMILES string of the molecule is CCC(=O)c1cnc2cc(N3CCCC3)ccn12. The van der Waals surface area contributed by atoms with Crippen LogP contribution in [0.3, 0.4) is 0 Å². The molecule has 18 heavy (non-hydrogen) atoms. The number of carbonyl (C=O) groups excluding carboxylic acids is 1. The predicted octanol–water partition coefficient (Wildman–Crippen LogP) is 2.53. The van der Waals surface area contributed by atoms with Gasteiger partial charge in [-0.3, -0.25) is 9.20 Å². The molecule has 0 saturated carbocycles. The summed E-state index contributed by atoms with van der Waals surface area (Å²) in [4.78, 5) is 18.5. The molecule has 0 aromatic carbocycles. The standard InChI is InChI=1S/C14H17N3O/c1-2-13(18)12-10-15-14-9-11(5-8-17(12)14)16-6-3-4-7-16/h5,8-10H,2-4,6-7H2,1H3. The molecule has 2 aromatic heterocycles. The highest BCUT2D eigenvalue weighted by Crippen LogP contribution is 2.22. The molecule has 3 rings (SSSR count). The molecule has 0 unspecified atom stereocenters. The van der Waals surface area contributed by atoms with Crippen LogP contribution in [0.5, 0.6) is 0 Å². The molecule has 4 heteroatoms. The van der Waals surface area contributed by atoms with Gasteiger partial charge in [-0.15, -0.1) is 0 Å². The van der Waals surface area contributed by atoms with Gasteiger partial charge in [0, 0.05) is 37.5 Å². The van der Waals surface area contributed by atoms with E-state index in [1.807, 2.05) is 17.5 Å². The molecule has 0 bridgehead atoms. The molecular weight excluding hydrogens is 226 g/mol. The lowest BCUT2D eigenvalue weighted by molar-refractivity contribution is 0.0982. The van der Waals surface area contributed by atoms with Crippen molar-refractivity contribution in [2.24, 2.45) is 0 Å². The lowest BCUT2D eigenvalue weighted by Crippen LogP contribution is -2.17. The van der Waals surface area contributed by atoms with Crippen molar-refractivity contribution >= 4 is 17.1 Å². The van der Waals surface area contributed by atoms with Crippen LogP contribution in [0.25, 0.3) is 5.65 Å². The maximum atomic E-state index is 11.8. The van der Waals surface area contributed by atoms with Crippen molar-refractivity contribution < 1.29 is 4.79 Å². The van der Waals surface area contributed by atoms with Crippen LogP contribution in [0.2, 0.25) is 0 Å². The zero-order chi connectivity index (χ0) is 12.5. The van der Waals surface area contributed by atoms with Crippen LogP contribution in [-0.4, -0.2) is 28.3 Å². The number of nitrogens with zero attached hydrogens (tertiary/aromatic N) is 3. The van der Waals surface area contributed by atoms with E-state index in [1.165, 1.54) is 18.5 Å². The van der Waals surface area contributed by atoms with Gasteiger partial charge in [0.15, 0.2) is 5.78 Å². The van der Waals surface area contributed by atoms with Crippen LogP contribution < -0.4 is 4.90 Å². The zero-order valence-corrected chi connectivity index (χ0v) is 10.6. The van der Waals surface area contributed by atoms with Gasteiger partial charge in [-0.1, -0.05) is 6.92 Å². The van der Waals surface area contributed by atoms with E-state index in [9.17, 15) is 4.79 Å². The molecule has 0 spiro atoms. The Labute approximate surface area is 106 Å². The number of hydrogen-bond acceptors (Lipinski definition) is 3. The van der Waals surface area contributed by atoms with Crippen LogP contribution in [-0.2, 0) is 0 Å². The smallest absolute Gasteiger partial charge is 0.180 e. The first kappa shape index (κ1) is 11.3. The maximum absolute atomic E-state index is 11.8. The van der Waals surface area contributed by atoms with E-state index in [1.54, 1.807) is 6.20 Å². The van der Waals surface area contributed by atoms with Gasteiger partial charge in [0.2, 0.25) is 0 Å². The molecule has 1 fully saturated rings. The molecule has 0 aliphatic carbocycles. The minimum absolute atomic E-state index is 0.136. The van der Waals surface area contributed by atoms with Crippen LogP contribution in [0.1, 0.15) is 36.7 Å². The third-order valence-corrected chi connectivity index (χ3v) is 3.57. The van der Waals surface area contributed by atoms with Gasteiger partial charge in [0.25, 0.3) is 0 Å². The number of imidazole rings is 1. The lowest BCUT2D eigenvalue weighted by Gasteiger charge is -2.17. The summed E-state index contributed by atoms with van der Waals surface area (Å²) in [5, 5.41) is 0. The van der Waals surface area contributed by atoms with Crippen LogP contribution in [0, 0.1) is 0 Å². The highest BCUT2D eigenvalue weighted by atomic mass is 16.1. The lowest BCUT2D eigenvalue weighted by atomic mass is 10.2. The number of anilines is 1. The Balaban J connectivity index is 2.01. The fourth-order valence-electron chi connectivity index (χ4n) is 2.53. The molecule has 0 radical (unpaired) electrons. The third-order valence-electron chi connectivity index (χ3n) is 3.57. The quantitative estimate of drug-likeness (QED) is 0.777. The third kappa shape index (κ3) is 1.78. The Bertz CT molecular complexity index is 582. The van der Waals surface area contributed by atoms with Gasteiger partial charge >= 0.3 is 0 Å². The predicted molar refractivity (Wildman–Crippen MR) is 71.3 cm³/mol. The van der Waals surface area contributed by atoms with Crippen molar-refractivity contribution in [3.63, 3.8) is 0 Å². The topological polar surface area (TPSA) is 37.6 Å². The van der Waals surface area contributed by atoms with Gasteiger partial charge in [-0.05, 0) is 18.9 Å². The van der Waals surface area contributed by atoms with Crippen molar-refractivity contribution in [3.05, 3.63) is 30.2 Å². The Morgan fingerprint density at radius 1 is 1.39 bits per heavy atom. The monoisotopic (exact) mass is 243 g/mol. The normalized spacial score (nSPS) is 15.5. The van der Waals surface area contributed by atoms with Crippen molar-refractivity contribution in [2.45, 2.75) is 26.2 Å². The molecule has 2 aromatic rings. The van der Waals surface area contributed by atoms with E-state index in [2.05, 4.69) is 22.0 Å². The summed E-state index contributed by atoms with van der Waals surface area (Å²) in [6, 6.07) is 4.14. The number of aromatic nitrogens is 2. The molecule has 94 valence electrons. The molecule has 0 atom stereocenters. The van der Waals surface area contributed by atoms with E-state index in [4.69, 9.17) is 0 Å². The number of carbonyl (C=O) groups is 1. The fraction of sp³-hybridized carbons (Fsp3) is 0.429. The van der Waals surface area contributed by atoms with E-state index in [-0.39, 0.29) is 5.78 Å². The summed E-state index contributed by atoms with van der Waals surface area (Å²) in [7, 11) is 0. The average Bonchev–Trinajstić information content (AvgIpc) is 3.06. The first-order valence-corrected chi connectivity index (χ1v) is 6.55. The summed E-state index contributed by atoms with van der Waals surface area (Å²) in [5.41, 5.74) is 2.75. The van der Waals surface area contributed by atoms with Gasteiger partial charge in [0.05, 0.1) is 6.20 Å². The van der Waals surface area contributed by atoms with Gasteiger partial charge in [-0.2, -0.15) is 0 Å². The number of pyridine rings is 1. The highest BCUT2D eigenvalue weighted by molar-refractivity contribution is 5.95. The van der Waals surface area contributed by atoms with E-state index in [0.717, 1.165) is 18.7 Å². The molecule has 1 aliphatic rings. The number of ketones is 1. The first-order chi connectivity index (χ1) is 8.79. The Kier molecular flexibility index (Phi) is 2.78. The highest BCUT2D eigenvalue weighted by Gasteiger charge is 2.15. The minimum Gasteiger partial charge on any atom is -0.371 e. The van der Waals surface area contributed by atoms with Crippen molar-refractivity contribution in [2.75, 3.05) is 18.0 Å². The Morgan fingerprint density at radius 3 is 2.89 bits per heavy atom. The molecule has 0 N–H and O–H groups in total. The van der Waals surface area contributed by atoms with Crippen molar-refractivity contribution in [3.8, 4) is 0 Å². The Morgan fingerprint density at radius 2 is 2.17 bits per heavy atom. The molecule has 3 heterocycles. The van der Waals surface area contributed by atoms with E-state index in [0.29, 0.717) is 12.1 Å². The van der Waals surface area contributed by atoms with Gasteiger partial charge in [0.1, 0.15) is 11.3 Å². The molecular formula is C14H17N3O. The zero-order valence-electron chi connectivity index (χ0n) is 10.6. The van der Waals surface area contributed by atoms with Gasteiger partial charge in [-0.25, -0.2) is 4.98 Å². The van der Waals surface area contributed by atoms with Gasteiger partial charge < -0.3 is 4.90 Å². The average molecular weight is 243 g/mol. The van der Waals surface area contributed by atoms with Crippen LogP contribution in [0.15, 0.2) is 24.5 Å². The summed E-state index contributed by atoms with van der Waals surface area (Å²) in [6.45, 7) is 4.12. The largest absolute Gasteiger partial charge is 0.371 e. The molecule has 4 nitrogen and oxygen atoms in total. The summed E-state index contributed by atoms with van der Waals surface area (Å²) in [5.74, 6) is 0.136. The maximum Gasteiger partial charge on any atom is 0.180 e. The Hall–Kier alpha value is -1.84. The molecule has 1 saturated heterocycles. The molecule has 1 aliphatic heterocycles. The molecule has 0 amide bonds. The van der Waals surface area contributed by atoms with E-state index < -0.39 is 0 Å². The second-order valence-corrected chi connectivity index (χ2v) is 4.73. The second kappa shape index (κ2) is 4.44. The van der Waals surface area contributed by atoms with Crippen molar-refractivity contribution in [1.82, 2.24) is 9.38 Å². The van der Waals surface area contributed by atoms with Crippen LogP contribution in [0.4, 0.5) is 5.69 Å². The number of Topliss-reactive ketones (excluding diaryl/α,β-unsaturated/α-hetero) is 1. The first-order valence-electron chi connectivity index (χ1n) is 6.55. The summed E-state index contributed by atoms with van der Waals surface area (Å²) >= 11 is 0. The summed E-state index contributed by atoms with van der Waals surface area (Å²) < 4.78 is 1.88. The van der Waals surface area contributed by atoms with Crippen molar-refractivity contribution in [1.29, 1.82) is 0 Å². The number of fused-ring (bicyclic) bond motifs is 1.